The summed E-state index contributed by atoms with van der Waals surface area (Å²) in [6.45, 7) is 3.45. The molecular weight excluding hydrogens is 146 g/mol. The van der Waals surface area contributed by atoms with Crippen molar-refractivity contribution < 1.29 is 14.7 Å². The number of rotatable bonds is 1. The summed E-state index contributed by atoms with van der Waals surface area (Å²) in [4.78, 5) is 22.1. The van der Waals surface area contributed by atoms with E-state index in [1.54, 1.807) is 0 Å². The Morgan fingerprint density at radius 3 is 2.82 bits per heavy atom. The molecule has 1 atom stereocenters. The fraction of sp³-hybridized carbons (Fsp3) is 0.429. The van der Waals surface area contributed by atoms with Crippen molar-refractivity contribution in [3.05, 3.63) is 12.7 Å². The number of carbonyl (C=O) groups is 2. The molecule has 1 rings (SSSR count). The lowest BCUT2D eigenvalue weighted by atomic mass is 10.2. The van der Waals surface area contributed by atoms with Crippen molar-refractivity contribution in [2.45, 2.75) is 18.9 Å². The minimum Gasteiger partial charge on any atom is -0.465 e. The number of likely N-dealkylation sites (tertiary alicyclic amines) is 1. The first-order valence-corrected chi connectivity index (χ1v) is 3.34. The summed E-state index contributed by atoms with van der Waals surface area (Å²) in [6.07, 6.45) is 1.17. The van der Waals surface area contributed by atoms with Crippen molar-refractivity contribution in [1.82, 2.24) is 4.90 Å². The van der Waals surface area contributed by atoms with E-state index in [1.165, 1.54) is 6.08 Å². The molecule has 0 aromatic carbocycles. The van der Waals surface area contributed by atoms with E-state index in [9.17, 15) is 9.59 Å². The molecule has 1 N–H and O–H groups in total. The zero-order valence-corrected chi connectivity index (χ0v) is 5.99. The lowest BCUT2D eigenvalue weighted by Crippen LogP contribution is -2.36. The third kappa shape index (κ3) is 1.24. The second-order valence-corrected chi connectivity index (χ2v) is 2.39. The topological polar surface area (TPSA) is 57.6 Å². The van der Waals surface area contributed by atoms with Crippen LogP contribution in [0.25, 0.3) is 0 Å². The number of amides is 2. The Kier molecular flexibility index (Phi) is 1.94. The average molecular weight is 155 g/mol. The Bertz CT molecular complexity index is 212. The van der Waals surface area contributed by atoms with E-state index in [0.29, 0.717) is 12.8 Å². The molecule has 2 amide bonds. The van der Waals surface area contributed by atoms with Crippen LogP contribution in [0.5, 0.6) is 0 Å². The van der Waals surface area contributed by atoms with Gasteiger partial charge in [-0.25, -0.2) is 9.69 Å². The number of carbonyl (C=O) groups excluding carboxylic acids is 1. The van der Waals surface area contributed by atoms with E-state index >= 15 is 0 Å². The van der Waals surface area contributed by atoms with Gasteiger partial charge in [0.05, 0.1) is 6.04 Å². The molecule has 1 heterocycles. The monoisotopic (exact) mass is 155 g/mol. The highest BCUT2D eigenvalue weighted by atomic mass is 16.4. The summed E-state index contributed by atoms with van der Waals surface area (Å²) in [5.41, 5.74) is 0. The fourth-order valence-electron chi connectivity index (χ4n) is 1.18. The first-order valence-electron chi connectivity index (χ1n) is 3.34. The fourth-order valence-corrected chi connectivity index (χ4v) is 1.18. The minimum atomic E-state index is -1.18. The lowest BCUT2D eigenvalue weighted by molar-refractivity contribution is -0.126. The summed E-state index contributed by atoms with van der Waals surface area (Å²) >= 11 is 0. The molecule has 0 saturated carbocycles. The summed E-state index contributed by atoms with van der Waals surface area (Å²) < 4.78 is 0. The molecule has 1 aliphatic rings. The van der Waals surface area contributed by atoms with Gasteiger partial charge in [-0.15, -0.1) is 6.58 Å². The number of carboxylic acid groups (broad SMARTS) is 1. The molecule has 0 spiro atoms. The Labute approximate surface area is 64.1 Å². The molecule has 1 aliphatic heterocycles. The molecular formula is C7H9NO3. The second kappa shape index (κ2) is 2.74. The van der Waals surface area contributed by atoms with Crippen LogP contribution in [0.3, 0.4) is 0 Å². The molecule has 4 heteroatoms. The molecule has 1 fully saturated rings. The normalized spacial score (nSPS) is 23.8. The number of hydrogen-bond acceptors (Lipinski definition) is 2. The van der Waals surface area contributed by atoms with Gasteiger partial charge in [-0.05, 0) is 6.42 Å². The van der Waals surface area contributed by atoms with Gasteiger partial charge in [0, 0.05) is 6.42 Å². The molecule has 0 aromatic rings. The van der Waals surface area contributed by atoms with Gasteiger partial charge in [0.1, 0.15) is 0 Å². The van der Waals surface area contributed by atoms with E-state index in [4.69, 9.17) is 5.11 Å². The molecule has 0 aromatic heterocycles. The highest BCUT2D eigenvalue weighted by molar-refractivity contribution is 5.93. The SMILES string of the molecule is C=CC1CCC(=O)N1C(=O)O. The summed E-state index contributed by atoms with van der Waals surface area (Å²) in [5.74, 6) is -0.331. The van der Waals surface area contributed by atoms with Crippen molar-refractivity contribution in [1.29, 1.82) is 0 Å². The quantitative estimate of drug-likeness (QED) is 0.571. The average Bonchev–Trinajstić information content (AvgIpc) is 2.30. The predicted molar refractivity (Wildman–Crippen MR) is 38.1 cm³/mol. The maximum atomic E-state index is 10.9. The molecule has 0 aliphatic carbocycles. The van der Waals surface area contributed by atoms with E-state index in [-0.39, 0.29) is 11.9 Å². The number of imide groups is 1. The summed E-state index contributed by atoms with van der Waals surface area (Å²) in [6, 6.07) is -0.319. The molecule has 11 heavy (non-hydrogen) atoms. The van der Waals surface area contributed by atoms with Crippen LogP contribution < -0.4 is 0 Å². The Balaban J connectivity index is 2.79. The van der Waals surface area contributed by atoms with E-state index in [0.717, 1.165) is 4.90 Å². The van der Waals surface area contributed by atoms with E-state index in [2.05, 4.69) is 6.58 Å². The van der Waals surface area contributed by atoms with Gasteiger partial charge < -0.3 is 5.11 Å². The third-order valence-corrected chi connectivity index (χ3v) is 1.73. The van der Waals surface area contributed by atoms with Crippen LogP contribution in [-0.4, -0.2) is 28.0 Å². The molecule has 1 saturated heterocycles. The number of hydrogen-bond donors (Lipinski definition) is 1. The highest BCUT2D eigenvalue weighted by Crippen LogP contribution is 2.18. The van der Waals surface area contributed by atoms with Gasteiger partial charge in [0.2, 0.25) is 5.91 Å². The zero-order valence-electron chi connectivity index (χ0n) is 5.99. The standard InChI is InChI=1S/C7H9NO3/c1-2-5-3-4-6(9)8(5)7(10)11/h2,5H,1,3-4H2,(H,10,11). The van der Waals surface area contributed by atoms with Gasteiger partial charge in [0.25, 0.3) is 0 Å². The maximum Gasteiger partial charge on any atom is 0.414 e. The van der Waals surface area contributed by atoms with Crippen LogP contribution in [-0.2, 0) is 4.79 Å². The van der Waals surface area contributed by atoms with Crippen LogP contribution >= 0.6 is 0 Å². The summed E-state index contributed by atoms with van der Waals surface area (Å²) in [7, 11) is 0. The van der Waals surface area contributed by atoms with Crippen molar-refractivity contribution in [2.24, 2.45) is 0 Å². The second-order valence-electron chi connectivity index (χ2n) is 2.39. The first kappa shape index (κ1) is 7.78. The van der Waals surface area contributed by atoms with E-state index in [1.807, 2.05) is 0 Å². The molecule has 0 bridgehead atoms. The van der Waals surface area contributed by atoms with Crippen LogP contribution in [0, 0.1) is 0 Å². The third-order valence-electron chi connectivity index (χ3n) is 1.73. The molecule has 4 nitrogen and oxygen atoms in total. The van der Waals surface area contributed by atoms with Crippen molar-refractivity contribution in [3.63, 3.8) is 0 Å². The van der Waals surface area contributed by atoms with Gasteiger partial charge in [0.15, 0.2) is 0 Å². The van der Waals surface area contributed by atoms with Gasteiger partial charge in [-0.1, -0.05) is 6.08 Å². The number of nitrogens with zero attached hydrogens (tertiary/aromatic N) is 1. The van der Waals surface area contributed by atoms with Crippen LogP contribution in [0.2, 0.25) is 0 Å². The summed E-state index contributed by atoms with van der Waals surface area (Å²) in [5, 5.41) is 8.54. The first-order chi connectivity index (χ1) is 5.16. The maximum absolute atomic E-state index is 10.9. The largest absolute Gasteiger partial charge is 0.465 e. The van der Waals surface area contributed by atoms with Crippen molar-refractivity contribution >= 4 is 12.0 Å². The van der Waals surface area contributed by atoms with Gasteiger partial charge in [-0.2, -0.15) is 0 Å². The van der Waals surface area contributed by atoms with Crippen LogP contribution in [0.1, 0.15) is 12.8 Å². The van der Waals surface area contributed by atoms with Gasteiger partial charge in [-0.3, -0.25) is 4.79 Å². The minimum absolute atomic E-state index is 0.309. The van der Waals surface area contributed by atoms with Gasteiger partial charge >= 0.3 is 6.09 Å². The van der Waals surface area contributed by atoms with Crippen LogP contribution in [0.15, 0.2) is 12.7 Å². The Morgan fingerprint density at radius 2 is 2.45 bits per heavy atom. The van der Waals surface area contributed by atoms with E-state index < -0.39 is 6.09 Å². The van der Waals surface area contributed by atoms with Crippen molar-refractivity contribution in [3.8, 4) is 0 Å². The molecule has 60 valence electrons. The van der Waals surface area contributed by atoms with Crippen molar-refractivity contribution in [2.75, 3.05) is 0 Å². The Hall–Kier alpha value is -1.32. The smallest absolute Gasteiger partial charge is 0.414 e. The van der Waals surface area contributed by atoms with Crippen LogP contribution in [0.4, 0.5) is 4.79 Å². The highest BCUT2D eigenvalue weighted by Gasteiger charge is 2.33. The molecule has 1 unspecified atom stereocenters. The molecule has 0 radical (unpaired) electrons. The Morgan fingerprint density at radius 1 is 1.82 bits per heavy atom. The predicted octanol–water partition coefficient (Wildman–Crippen LogP) is 0.841. The zero-order chi connectivity index (χ0) is 8.43. The lowest BCUT2D eigenvalue weighted by Gasteiger charge is -2.14.